The van der Waals surface area contributed by atoms with Crippen LogP contribution >= 0.6 is 0 Å². The van der Waals surface area contributed by atoms with Gasteiger partial charge in [0, 0.05) is 12.4 Å². The molecule has 0 aliphatic carbocycles. The Kier molecular flexibility index (Phi) is 6.17. The average molecular weight is 213 g/mol. The second-order valence-corrected chi connectivity index (χ2v) is 2.97. The number of aromatic nitrogens is 1. The SMILES string of the molecule is COC=Cc1ccccc1.c1ccncc1. The van der Waals surface area contributed by atoms with Crippen molar-refractivity contribution in [3.05, 3.63) is 72.8 Å². The van der Waals surface area contributed by atoms with Crippen LogP contribution in [0.4, 0.5) is 0 Å². The molecule has 1 aromatic heterocycles. The highest BCUT2D eigenvalue weighted by Crippen LogP contribution is 1.99. The molecule has 0 fully saturated rings. The molecule has 0 saturated carbocycles. The van der Waals surface area contributed by atoms with Crippen molar-refractivity contribution in [2.24, 2.45) is 0 Å². The van der Waals surface area contributed by atoms with E-state index in [2.05, 4.69) is 4.98 Å². The molecule has 0 spiro atoms. The summed E-state index contributed by atoms with van der Waals surface area (Å²) in [5, 5.41) is 0. The zero-order chi connectivity index (χ0) is 11.5. The van der Waals surface area contributed by atoms with Crippen LogP contribution in [-0.2, 0) is 4.74 Å². The Morgan fingerprint density at radius 2 is 1.56 bits per heavy atom. The fourth-order valence-corrected chi connectivity index (χ4v) is 1.02. The highest BCUT2D eigenvalue weighted by Gasteiger charge is 1.79. The molecule has 0 unspecified atom stereocenters. The summed E-state index contributed by atoms with van der Waals surface area (Å²) < 4.78 is 4.77. The normalized spacial score (nSPS) is 9.31. The van der Waals surface area contributed by atoms with Crippen molar-refractivity contribution in [2.75, 3.05) is 7.11 Å². The van der Waals surface area contributed by atoms with Crippen LogP contribution in [0.3, 0.4) is 0 Å². The molecule has 0 radical (unpaired) electrons. The van der Waals surface area contributed by atoms with Gasteiger partial charge in [-0.25, -0.2) is 0 Å². The number of nitrogens with zero attached hydrogens (tertiary/aromatic N) is 1. The van der Waals surface area contributed by atoms with Gasteiger partial charge in [-0.3, -0.25) is 4.98 Å². The molecule has 2 nitrogen and oxygen atoms in total. The van der Waals surface area contributed by atoms with Crippen molar-refractivity contribution in [1.82, 2.24) is 4.98 Å². The maximum absolute atomic E-state index is 4.77. The topological polar surface area (TPSA) is 22.1 Å². The summed E-state index contributed by atoms with van der Waals surface area (Å²) in [7, 11) is 1.64. The molecule has 0 saturated heterocycles. The summed E-state index contributed by atoms with van der Waals surface area (Å²) >= 11 is 0. The van der Waals surface area contributed by atoms with Crippen LogP contribution in [0.15, 0.2) is 67.2 Å². The Labute approximate surface area is 96.2 Å². The Morgan fingerprint density at radius 1 is 0.938 bits per heavy atom. The van der Waals surface area contributed by atoms with E-state index in [0.29, 0.717) is 0 Å². The van der Waals surface area contributed by atoms with Crippen LogP contribution in [0.1, 0.15) is 5.56 Å². The van der Waals surface area contributed by atoms with Crippen LogP contribution < -0.4 is 0 Å². The van der Waals surface area contributed by atoms with Gasteiger partial charge in [-0.05, 0) is 23.8 Å². The second kappa shape index (κ2) is 8.24. The lowest BCUT2D eigenvalue weighted by Gasteiger charge is -1.89. The van der Waals surface area contributed by atoms with Crippen molar-refractivity contribution in [3.8, 4) is 0 Å². The third kappa shape index (κ3) is 5.60. The van der Waals surface area contributed by atoms with Crippen molar-refractivity contribution >= 4 is 6.08 Å². The Bertz CT molecular complexity index is 357. The lowest BCUT2D eigenvalue weighted by Crippen LogP contribution is -1.69. The minimum absolute atomic E-state index is 1.16. The zero-order valence-electron chi connectivity index (χ0n) is 9.28. The van der Waals surface area contributed by atoms with Crippen LogP contribution in [0.5, 0.6) is 0 Å². The first-order chi connectivity index (χ1) is 7.93. The highest BCUT2D eigenvalue weighted by atomic mass is 16.5. The minimum Gasteiger partial charge on any atom is -0.504 e. The number of benzene rings is 1. The third-order valence-corrected chi connectivity index (χ3v) is 1.76. The van der Waals surface area contributed by atoms with Crippen molar-refractivity contribution in [2.45, 2.75) is 0 Å². The molecule has 0 bridgehead atoms. The molecule has 1 heterocycles. The van der Waals surface area contributed by atoms with Gasteiger partial charge < -0.3 is 4.74 Å². The van der Waals surface area contributed by atoms with Gasteiger partial charge in [-0.1, -0.05) is 36.4 Å². The van der Waals surface area contributed by atoms with E-state index >= 15 is 0 Å². The highest BCUT2D eigenvalue weighted by molar-refractivity contribution is 5.47. The van der Waals surface area contributed by atoms with Crippen molar-refractivity contribution in [1.29, 1.82) is 0 Å². The van der Waals surface area contributed by atoms with Gasteiger partial charge in [0.15, 0.2) is 0 Å². The number of ether oxygens (including phenoxy) is 1. The predicted octanol–water partition coefficient (Wildman–Crippen LogP) is 3.39. The van der Waals surface area contributed by atoms with Crippen LogP contribution in [-0.4, -0.2) is 12.1 Å². The van der Waals surface area contributed by atoms with Gasteiger partial charge in [0.2, 0.25) is 0 Å². The molecule has 0 amide bonds. The quantitative estimate of drug-likeness (QED) is 0.713. The lowest BCUT2D eigenvalue weighted by atomic mass is 10.2. The Balaban J connectivity index is 0.000000181. The van der Waals surface area contributed by atoms with Crippen LogP contribution in [0.25, 0.3) is 6.08 Å². The summed E-state index contributed by atoms with van der Waals surface area (Å²) in [6.45, 7) is 0. The fraction of sp³-hybridized carbons (Fsp3) is 0.0714. The third-order valence-electron chi connectivity index (χ3n) is 1.76. The van der Waals surface area contributed by atoms with Gasteiger partial charge in [0.1, 0.15) is 0 Å². The van der Waals surface area contributed by atoms with E-state index in [1.165, 1.54) is 0 Å². The average Bonchev–Trinajstić information content (AvgIpc) is 2.40. The molecule has 0 aliphatic heterocycles. The first kappa shape index (κ1) is 12.0. The standard InChI is InChI=1S/C9H10O.C5H5N/c1-10-8-7-9-5-3-2-4-6-9;1-2-4-6-5-3-1/h2-8H,1H3;1-5H. The largest absolute Gasteiger partial charge is 0.504 e. The summed E-state index contributed by atoms with van der Waals surface area (Å²) in [6, 6.07) is 15.7. The smallest absolute Gasteiger partial charge is 0.0830 e. The predicted molar refractivity (Wildman–Crippen MR) is 66.7 cm³/mol. The number of pyridine rings is 1. The number of hydrogen-bond donors (Lipinski definition) is 0. The number of methoxy groups -OCH3 is 1. The van der Waals surface area contributed by atoms with Crippen LogP contribution in [0.2, 0.25) is 0 Å². The molecular weight excluding hydrogens is 198 g/mol. The molecule has 2 rings (SSSR count). The molecule has 2 heteroatoms. The van der Waals surface area contributed by atoms with Gasteiger partial charge >= 0.3 is 0 Å². The van der Waals surface area contributed by atoms with Gasteiger partial charge in [0.25, 0.3) is 0 Å². The second-order valence-electron chi connectivity index (χ2n) is 2.97. The van der Waals surface area contributed by atoms with E-state index in [1.54, 1.807) is 25.8 Å². The summed E-state index contributed by atoms with van der Waals surface area (Å²) in [5.74, 6) is 0. The van der Waals surface area contributed by atoms with E-state index in [-0.39, 0.29) is 0 Å². The van der Waals surface area contributed by atoms with Gasteiger partial charge in [-0.2, -0.15) is 0 Å². The van der Waals surface area contributed by atoms with E-state index in [1.807, 2.05) is 54.6 Å². The first-order valence-corrected chi connectivity index (χ1v) is 5.03. The van der Waals surface area contributed by atoms with E-state index in [4.69, 9.17) is 4.74 Å². The maximum atomic E-state index is 4.77. The monoisotopic (exact) mass is 213 g/mol. The molecule has 0 aliphatic rings. The summed E-state index contributed by atoms with van der Waals surface area (Å²) in [4.78, 5) is 3.78. The van der Waals surface area contributed by atoms with E-state index < -0.39 is 0 Å². The molecule has 1 aromatic carbocycles. The summed E-state index contributed by atoms with van der Waals surface area (Å²) in [5.41, 5.74) is 1.16. The van der Waals surface area contributed by atoms with Gasteiger partial charge in [-0.15, -0.1) is 0 Å². The lowest BCUT2D eigenvalue weighted by molar-refractivity contribution is 0.341. The molecule has 2 aromatic rings. The molecule has 0 atom stereocenters. The van der Waals surface area contributed by atoms with Gasteiger partial charge in [0.05, 0.1) is 13.4 Å². The molecule has 82 valence electrons. The zero-order valence-corrected chi connectivity index (χ0v) is 9.28. The minimum atomic E-state index is 1.16. The molecule has 0 N–H and O–H groups in total. The number of rotatable bonds is 2. The molecule has 16 heavy (non-hydrogen) atoms. The molecular formula is C14H15NO. The van der Waals surface area contributed by atoms with E-state index in [9.17, 15) is 0 Å². The maximum Gasteiger partial charge on any atom is 0.0830 e. The van der Waals surface area contributed by atoms with E-state index in [0.717, 1.165) is 5.56 Å². The van der Waals surface area contributed by atoms with Crippen molar-refractivity contribution in [3.63, 3.8) is 0 Å². The van der Waals surface area contributed by atoms with Crippen molar-refractivity contribution < 1.29 is 4.74 Å². The first-order valence-electron chi connectivity index (χ1n) is 5.03. The van der Waals surface area contributed by atoms with Crippen LogP contribution in [0, 0.1) is 0 Å². The Hall–Kier alpha value is -2.09. The number of hydrogen-bond acceptors (Lipinski definition) is 2. The summed E-state index contributed by atoms with van der Waals surface area (Å²) in [6.07, 6.45) is 7.08. The Morgan fingerprint density at radius 3 is 2.00 bits per heavy atom. The fourth-order valence-electron chi connectivity index (χ4n) is 1.02.